The summed E-state index contributed by atoms with van der Waals surface area (Å²) < 4.78 is 31.4. The van der Waals surface area contributed by atoms with Gasteiger partial charge in [0.05, 0.1) is 6.61 Å². The molecule has 2 rings (SSSR count). The van der Waals surface area contributed by atoms with E-state index in [1.165, 1.54) is 13.3 Å². The van der Waals surface area contributed by atoms with Gasteiger partial charge in [-0.2, -0.15) is 0 Å². The van der Waals surface area contributed by atoms with Crippen LogP contribution < -0.4 is 9.62 Å². The quantitative estimate of drug-likeness (QED) is 0.548. The molecule has 3 N–H and O–H groups in total. The van der Waals surface area contributed by atoms with Crippen molar-refractivity contribution >= 4 is 27.6 Å². The number of nitrogens with one attached hydrogen (secondary N) is 2. The van der Waals surface area contributed by atoms with Crippen LogP contribution in [0.3, 0.4) is 0 Å². The Labute approximate surface area is 150 Å². The number of carboxylic acid groups (broad SMARTS) is 1. The number of methoxy groups -OCH3 is 1. The van der Waals surface area contributed by atoms with Gasteiger partial charge in [0.2, 0.25) is 10.0 Å². The van der Waals surface area contributed by atoms with Gasteiger partial charge in [-0.05, 0) is 18.2 Å². The Kier molecular flexibility index (Phi) is 6.50. The van der Waals surface area contributed by atoms with Gasteiger partial charge < -0.3 is 14.8 Å². The lowest BCUT2D eigenvalue weighted by atomic mass is 10.2. The molecule has 0 radical (unpaired) electrons. The van der Waals surface area contributed by atoms with E-state index in [1.807, 2.05) is 0 Å². The molecule has 0 bridgehead atoms. The molecule has 0 unspecified atom stereocenters. The number of hydrogen-bond donors (Lipinski definition) is 3. The molecule has 0 aliphatic rings. The van der Waals surface area contributed by atoms with Crippen LogP contribution in [0, 0.1) is 0 Å². The summed E-state index contributed by atoms with van der Waals surface area (Å²) in [6, 6.07) is 9.41. The lowest BCUT2D eigenvalue weighted by molar-refractivity contribution is -0.135. The van der Waals surface area contributed by atoms with Gasteiger partial charge in [0.1, 0.15) is 17.1 Å². The summed E-state index contributed by atoms with van der Waals surface area (Å²) in [7, 11) is -2.36. The summed E-state index contributed by atoms with van der Waals surface area (Å²) in [6.45, 7) is -0.270. The average Bonchev–Trinajstić information content (AvgIpc) is 3.11. The van der Waals surface area contributed by atoms with Gasteiger partial charge in [-0.25, -0.2) is 13.1 Å². The fourth-order valence-electron chi connectivity index (χ4n) is 2.18. The normalized spacial score (nSPS) is 11.3. The lowest BCUT2D eigenvalue weighted by Gasteiger charge is -2.20. The maximum absolute atomic E-state index is 12.7. The van der Waals surface area contributed by atoms with Crippen LogP contribution in [0.5, 0.6) is 0 Å². The molecule has 1 heterocycles. The molecule has 0 aliphatic carbocycles. The number of aliphatic carboxylic acids is 1. The van der Waals surface area contributed by atoms with Crippen molar-refractivity contribution in [3.63, 3.8) is 0 Å². The van der Waals surface area contributed by atoms with Crippen LogP contribution in [-0.2, 0) is 19.6 Å². The zero-order valence-corrected chi connectivity index (χ0v) is 14.8. The number of carbonyl (C=O) groups excluding carboxylic acids is 1. The second kappa shape index (κ2) is 8.61. The first-order valence-corrected chi connectivity index (χ1v) is 9.09. The minimum Gasteiger partial charge on any atom is -0.480 e. The smallest absolute Gasteiger partial charge is 0.323 e. The monoisotopic (exact) mass is 381 g/mol. The molecule has 0 atom stereocenters. The molecule has 140 valence electrons. The van der Waals surface area contributed by atoms with E-state index >= 15 is 0 Å². The van der Waals surface area contributed by atoms with Crippen LogP contribution in [0.25, 0.3) is 0 Å². The zero-order chi connectivity index (χ0) is 19.2. The van der Waals surface area contributed by atoms with E-state index in [1.54, 1.807) is 30.3 Å². The molecule has 1 aromatic carbocycles. The van der Waals surface area contributed by atoms with E-state index in [0.717, 1.165) is 11.0 Å². The second-order valence-corrected chi connectivity index (χ2v) is 7.03. The highest BCUT2D eigenvalue weighted by Crippen LogP contribution is 2.18. The lowest BCUT2D eigenvalue weighted by Crippen LogP contribution is -2.35. The molecular weight excluding hydrogens is 362 g/mol. The van der Waals surface area contributed by atoms with E-state index in [9.17, 15) is 18.0 Å². The first kappa shape index (κ1) is 19.6. The van der Waals surface area contributed by atoms with Gasteiger partial charge in [0.25, 0.3) is 5.91 Å². The summed E-state index contributed by atoms with van der Waals surface area (Å²) in [5.74, 6) is -1.85. The van der Waals surface area contributed by atoms with Crippen molar-refractivity contribution in [3.05, 3.63) is 48.3 Å². The Morgan fingerprint density at radius 3 is 2.58 bits per heavy atom. The first-order chi connectivity index (χ1) is 12.3. The van der Waals surface area contributed by atoms with E-state index in [4.69, 9.17) is 9.84 Å². The van der Waals surface area contributed by atoms with Crippen molar-refractivity contribution in [1.29, 1.82) is 0 Å². The number of ether oxygens (including phenoxy) is 1. The van der Waals surface area contributed by atoms with Crippen LogP contribution in [0.4, 0.5) is 5.69 Å². The van der Waals surface area contributed by atoms with E-state index in [2.05, 4.69) is 9.71 Å². The Morgan fingerprint density at radius 1 is 1.27 bits per heavy atom. The minimum atomic E-state index is -3.81. The third-order valence-corrected chi connectivity index (χ3v) is 4.84. The molecule has 10 heteroatoms. The highest BCUT2D eigenvalue weighted by atomic mass is 32.2. The molecule has 0 saturated carbocycles. The molecule has 0 spiro atoms. The number of rotatable bonds is 9. The fourth-order valence-corrected chi connectivity index (χ4v) is 3.19. The number of aromatic amines is 1. The summed E-state index contributed by atoms with van der Waals surface area (Å²) in [5, 5.41) is 9.07. The number of amides is 1. The second-order valence-electron chi connectivity index (χ2n) is 5.26. The Balaban J connectivity index is 2.25. The third-order valence-electron chi connectivity index (χ3n) is 3.40. The predicted molar refractivity (Wildman–Crippen MR) is 93.6 cm³/mol. The molecule has 26 heavy (non-hydrogen) atoms. The SMILES string of the molecule is COCCNS(=O)(=O)c1c[nH]c(C(=O)N(CC(=O)O)c2ccccc2)c1. The Bertz CT molecular complexity index is 863. The zero-order valence-electron chi connectivity index (χ0n) is 14.0. The number of benzene rings is 1. The fraction of sp³-hybridized carbons (Fsp3) is 0.250. The van der Waals surface area contributed by atoms with Gasteiger partial charge in [-0.1, -0.05) is 18.2 Å². The number of nitrogens with zero attached hydrogens (tertiary/aromatic N) is 1. The highest BCUT2D eigenvalue weighted by molar-refractivity contribution is 7.89. The minimum absolute atomic E-state index is 0.0396. The Hall–Kier alpha value is -2.69. The molecule has 9 nitrogen and oxygen atoms in total. The molecule has 1 aromatic heterocycles. The average molecular weight is 381 g/mol. The maximum Gasteiger partial charge on any atom is 0.323 e. The Morgan fingerprint density at radius 2 is 1.96 bits per heavy atom. The molecule has 0 saturated heterocycles. The van der Waals surface area contributed by atoms with Gasteiger partial charge >= 0.3 is 5.97 Å². The molecule has 1 amide bonds. The largest absolute Gasteiger partial charge is 0.480 e. The third kappa shape index (κ3) is 4.91. The number of anilines is 1. The van der Waals surface area contributed by atoms with Gasteiger partial charge in [0, 0.05) is 25.5 Å². The van der Waals surface area contributed by atoms with Crippen LogP contribution in [-0.4, -0.2) is 57.2 Å². The van der Waals surface area contributed by atoms with Crippen molar-refractivity contribution in [2.24, 2.45) is 0 Å². The standard InChI is InChI=1S/C16H19N3O6S/c1-25-8-7-18-26(23,24)13-9-14(17-10-13)16(22)19(11-15(20)21)12-5-3-2-4-6-12/h2-6,9-10,17-18H,7-8,11H2,1H3,(H,20,21). The number of aromatic nitrogens is 1. The number of carbonyl (C=O) groups is 2. The van der Waals surface area contributed by atoms with Crippen LogP contribution >= 0.6 is 0 Å². The summed E-state index contributed by atoms with van der Waals surface area (Å²) in [6.07, 6.45) is 1.17. The van der Waals surface area contributed by atoms with E-state index < -0.39 is 28.4 Å². The van der Waals surface area contributed by atoms with Crippen molar-refractivity contribution < 1.29 is 27.9 Å². The van der Waals surface area contributed by atoms with Crippen molar-refractivity contribution in [2.45, 2.75) is 4.90 Å². The van der Waals surface area contributed by atoms with E-state index in [-0.39, 0.29) is 23.7 Å². The van der Waals surface area contributed by atoms with Gasteiger partial charge in [-0.3, -0.25) is 14.5 Å². The van der Waals surface area contributed by atoms with Gasteiger partial charge in [0.15, 0.2) is 0 Å². The summed E-state index contributed by atoms with van der Waals surface area (Å²) in [5.41, 5.74) is 0.347. The summed E-state index contributed by atoms with van der Waals surface area (Å²) >= 11 is 0. The molecular formula is C16H19N3O6S. The number of sulfonamides is 1. The topological polar surface area (TPSA) is 129 Å². The summed E-state index contributed by atoms with van der Waals surface area (Å²) in [4.78, 5) is 27.3. The van der Waals surface area contributed by atoms with Crippen LogP contribution in [0.2, 0.25) is 0 Å². The van der Waals surface area contributed by atoms with Gasteiger partial charge in [-0.15, -0.1) is 0 Å². The molecule has 0 fully saturated rings. The molecule has 0 aliphatic heterocycles. The molecule has 2 aromatic rings. The highest BCUT2D eigenvalue weighted by Gasteiger charge is 2.24. The van der Waals surface area contributed by atoms with Crippen LogP contribution in [0.1, 0.15) is 10.5 Å². The van der Waals surface area contributed by atoms with Crippen molar-refractivity contribution in [1.82, 2.24) is 9.71 Å². The predicted octanol–water partition coefficient (Wildman–Crippen LogP) is 0.671. The van der Waals surface area contributed by atoms with Crippen LogP contribution in [0.15, 0.2) is 47.5 Å². The van der Waals surface area contributed by atoms with Crippen molar-refractivity contribution in [3.8, 4) is 0 Å². The number of H-pyrrole nitrogens is 1. The van der Waals surface area contributed by atoms with E-state index in [0.29, 0.717) is 5.69 Å². The number of para-hydroxylation sites is 1. The number of hydrogen-bond acceptors (Lipinski definition) is 5. The van der Waals surface area contributed by atoms with Crippen molar-refractivity contribution in [2.75, 3.05) is 31.7 Å². The maximum atomic E-state index is 12.7. The first-order valence-electron chi connectivity index (χ1n) is 7.61. The number of carboxylic acids is 1.